The van der Waals surface area contributed by atoms with Gasteiger partial charge in [0.25, 0.3) is 0 Å². The van der Waals surface area contributed by atoms with E-state index >= 15 is 0 Å². The van der Waals surface area contributed by atoms with Gasteiger partial charge in [0.1, 0.15) is 0 Å². The van der Waals surface area contributed by atoms with Crippen LogP contribution in [-0.2, 0) is 0 Å². The van der Waals surface area contributed by atoms with Crippen molar-refractivity contribution in [2.45, 2.75) is 25.0 Å². The first kappa shape index (κ1) is 7.23. The summed E-state index contributed by atoms with van der Waals surface area (Å²) in [6.45, 7) is 2.36. The second-order valence-electron chi connectivity index (χ2n) is 3.36. The summed E-state index contributed by atoms with van der Waals surface area (Å²) in [6, 6.07) is 0. The molecule has 56 valence electrons. The smallest absolute Gasteiger partial charge is 0.0165 e. The Morgan fingerprint density at radius 2 is 2.40 bits per heavy atom. The molecule has 0 spiro atoms. The molecule has 0 radical (unpaired) electrons. The number of hydrogen-bond donors (Lipinski definition) is 0. The predicted molar refractivity (Wildman–Crippen MR) is 50.3 cm³/mol. The van der Waals surface area contributed by atoms with Gasteiger partial charge in [-0.05, 0) is 24.2 Å². The third-order valence-corrected chi connectivity index (χ3v) is 4.83. The summed E-state index contributed by atoms with van der Waals surface area (Å²) in [6.07, 6.45) is 2.82. The maximum Gasteiger partial charge on any atom is 0.0165 e. The van der Waals surface area contributed by atoms with Crippen molar-refractivity contribution >= 4 is 27.7 Å². The highest BCUT2D eigenvalue weighted by molar-refractivity contribution is 9.11. The summed E-state index contributed by atoms with van der Waals surface area (Å²) < 4.78 is 1.45. The van der Waals surface area contributed by atoms with Crippen molar-refractivity contribution in [2.24, 2.45) is 11.8 Å². The Hall–Kier alpha value is 0.570. The minimum absolute atomic E-state index is 0.861. The second kappa shape index (κ2) is 2.56. The molecule has 1 fully saturated rings. The summed E-state index contributed by atoms with van der Waals surface area (Å²) in [4.78, 5) is 0. The molecule has 1 saturated carbocycles. The Bertz CT molecular complexity index is 176. The van der Waals surface area contributed by atoms with E-state index in [0.717, 1.165) is 17.1 Å². The molecule has 0 saturated heterocycles. The largest absolute Gasteiger partial charge is 0.129 e. The van der Waals surface area contributed by atoms with E-state index in [2.05, 4.69) is 28.3 Å². The fourth-order valence-corrected chi connectivity index (χ4v) is 4.29. The van der Waals surface area contributed by atoms with Crippen LogP contribution in [0.1, 0.15) is 19.8 Å². The zero-order valence-corrected chi connectivity index (χ0v) is 8.41. The first-order valence-corrected chi connectivity index (χ1v) is 5.52. The van der Waals surface area contributed by atoms with Crippen molar-refractivity contribution in [1.82, 2.24) is 0 Å². The maximum atomic E-state index is 3.61. The molecule has 0 aromatic carbocycles. The Labute approximate surface area is 74.6 Å². The van der Waals surface area contributed by atoms with Crippen LogP contribution < -0.4 is 0 Å². The highest BCUT2D eigenvalue weighted by Gasteiger charge is 2.36. The van der Waals surface area contributed by atoms with Gasteiger partial charge < -0.3 is 0 Å². The minimum Gasteiger partial charge on any atom is -0.129 e. The molecule has 0 amide bonds. The summed E-state index contributed by atoms with van der Waals surface area (Å²) in [5.41, 5.74) is 0. The zero-order chi connectivity index (χ0) is 7.14. The Morgan fingerprint density at radius 1 is 1.60 bits per heavy atom. The highest BCUT2D eigenvalue weighted by atomic mass is 79.9. The van der Waals surface area contributed by atoms with Crippen molar-refractivity contribution in [3.8, 4) is 0 Å². The average Bonchev–Trinajstić information content (AvgIpc) is 2.35. The average molecular weight is 219 g/mol. The number of halogens is 1. The van der Waals surface area contributed by atoms with Crippen LogP contribution in [0, 0.1) is 11.8 Å². The van der Waals surface area contributed by atoms with Crippen LogP contribution in [0.3, 0.4) is 0 Å². The van der Waals surface area contributed by atoms with Gasteiger partial charge in [-0.2, -0.15) is 0 Å². The first-order chi connectivity index (χ1) is 4.77. The standard InChI is InChI=1S/C8H11BrS/c1-5-2-6-7(9)4-10-8(6)3-5/h4-6,8H,2-3H2,1H3. The van der Waals surface area contributed by atoms with Crippen LogP contribution in [-0.4, -0.2) is 5.25 Å². The highest BCUT2D eigenvalue weighted by Crippen LogP contribution is 2.50. The van der Waals surface area contributed by atoms with Crippen LogP contribution >= 0.6 is 27.7 Å². The summed E-state index contributed by atoms with van der Waals surface area (Å²) >= 11 is 5.63. The van der Waals surface area contributed by atoms with Crippen molar-refractivity contribution in [2.75, 3.05) is 0 Å². The fraction of sp³-hybridized carbons (Fsp3) is 0.750. The molecule has 3 unspecified atom stereocenters. The van der Waals surface area contributed by atoms with Gasteiger partial charge in [0.05, 0.1) is 0 Å². The molecule has 1 aliphatic heterocycles. The lowest BCUT2D eigenvalue weighted by molar-refractivity contribution is 0.584. The quantitative estimate of drug-likeness (QED) is 0.601. The number of rotatable bonds is 0. The number of hydrogen-bond acceptors (Lipinski definition) is 1. The molecule has 1 aliphatic carbocycles. The molecule has 2 heteroatoms. The summed E-state index contributed by atoms with van der Waals surface area (Å²) in [5.74, 6) is 1.81. The van der Waals surface area contributed by atoms with Crippen LogP contribution in [0.4, 0.5) is 0 Å². The van der Waals surface area contributed by atoms with Crippen molar-refractivity contribution < 1.29 is 0 Å². The van der Waals surface area contributed by atoms with Crippen molar-refractivity contribution in [1.29, 1.82) is 0 Å². The molecule has 0 aromatic rings. The van der Waals surface area contributed by atoms with E-state index in [1.54, 1.807) is 0 Å². The number of fused-ring (bicyclic) bond motifs is 1. The lowest BCUT2D eigenvalue weighted by Crippen LogP contribution is -2.02. The molecule has 0 nitrogen and oxygen atoms in total. The van der Waals surface area contributed by atoms with Gasteiger partial charge in [0, 0.05) is 15.7 Å². The molecule has 1 heterocycles. The number of allylic oxidation sites excluding steroid dienone is 1. The van der Waals surface area contributed by atoms with Gasteiger partial charge in [0.15, 0.2) is 0 Å². The monoisotopic (exact) mass is 218 g/mol. The Balaban J connectivity index is 2.13. The van der Waals surface area contributed by atoms with Gasteiger partial charge in [-0.3, -0.25) is 0 Å². The van der Waals surface area contributed by atoms with E-state index < -0.39 is 0 Å². The van der Waals surface area contributed by atoms with Crippen molar-refractivity contribution in [3.63, 3.8) is 0 Å². The molecule has 3 atom stereocenters. The van der Waals surface area contributed by atoms with Crippen LogP contribution in [0.5, 0.6) is 0 Å². The summed E-state index contributed by atoms with van der Waals surface area (Å²) in [7, 11) is 0. The third kappa shape index (κ3) is 1.06. The maximum absolute atomic E-state index is 3.61. The van der Waals surface area contributed by atoms with E-state index in [1.807, 2.05) is 11.8 Å². The van der Waals surface area contributed by atoms with E-state index in [9.17, 15) is 0 Å². The van der Waals surface area contributed by atoms with E-state index in [0.29, 0.717) is 0 Å². The molecule has 2 aliphatic rings. The SMILES string of the molecule is CC1CC2SC=C(Br)C2C1. The number of thioether (sulfide) groups is 1. The third-order valence-electron chi connectivity index (χ3n) is 2.45. The minimum atomic E-state index is 0.861. The Kier molecular flexibility index (Phi) is 1.85. The van der Waals surface area contributed by atoms with Gasteiger partial charge in [0.2, 0.25) is 0 Å². The normalized spacial score (nSPS) is 45.4. The lowest BCUT2D eigenvalue weighted by Gasteiger charge is -2.06. The Morgan fingerprint density at radius 3 is 3.10 bits per heavy atom. The second-order valence-corrected chi connectivity index (χ2v) is 5.39. The van der Waals surface area contributed by atoms with E-state index in [4.69, 9.17) is 0 Å². The molecule has 10 heavy (non-hydrogen) atoms. The zero-order valence-electron chi connectivity index (χ0n) is 6.01. The topological polar surface area (TPSA) is 0 Å². The molecule has 2 rings (SSSR count). The molecule has 0 bridgehead atoms. The van der Waals surface area contributed by atoms with Gasteiger partial charge in [-0.15, -0.1) is 11.8 Å². The van der Waals surface area contributed by atoms with Crippen molar-refractivity contribution in [3.05, 3.63) is 9.89 Å². The lowest BCUT2D eigenvalue weighted by atomic mass is 10.1. The van der Waals surface area contributed by atoms with E-state index in [1.165, 1.54) is 17.3 Å². The fourth-order valence-electron chi connectivity index (χ4n) is 1.92. The summed E-state index contributed by atoms with van der Waals surface area (Å²) in [5, 5.41) is 3.19. The van der Waals surface area contributed by atoms with Gasteiger partial charge >= 0.3 is 0 Å². The molecule has 0 aromatic heterocycles. The van der Waals surface area contributed by atoms with Crippen LogP contribution in [0.15, 0.2) is 9.89 Å². The molecular formula is C8H11BrS. The van der Waals surface area contributed by atoms with Crippen LogP contribution in [0.2, 0.25) is 0 Å². The predicted octanol–water partition coefficient (Wildman–Crippen LogP) is 3.38. The molecule has 0 N–H and O–H groups in total. The molecular weight excluding hydrogens is 208 g/mol. The van der Waals surface area contributed by atoms with Crippen LogP contribution in [0.25, 0.3) is 0 Å². The first-order valence-electron chi connectivity index (χ1n) is 3.78. The van der Waals surface area contributed by atoms with Gasteiger partial charge in [-0.25, -0.2) is 0 Å². The van der Waals surface area contributed by atoms with E-state index in [-0.39, 0.29) is 0 Å². The van der Waals surface area contributed by atoms with Gasteiger partial charge in [-0.1, -0.05) is 22.9 Å².